The van der Waals surface area contributed by atoms with E-state index in [1.807, 2.05) is 24.3 Å². The molecule has 0 aliphatic carbocycles. The van der Waals surface area contributed by atoms with Crippen LogP contribution in [-0.4, -0.2) is 14.8 Å². The summed E-state index contributed by atoms with van der Waals surface area (Å²) in [7, 11) is 0. The van der Waals surface area contributed by atoms with Gasteiger partial charge in [-0.1, -0.05) is 70.9 Å². The second-order valence-electron chi connectivity index (χ2n) is 7.20. The summed E-state index contributed by atoms with van der Waals surface area (Å²) in [5.74, 6) is 1.67. The van der Waals surface area contributed by atoms with Gasteiger partial charge in [-0.3, -0.25) is 4.57 Å². The van der Waals surface area contributed by atoms with Crippen molar-refractivity contribution in [2.24, 2.45) is 0 Å². The van der Waals surface area contributed by atoms with Crippen LogP contribution in [0.15, 0.2) is 78.0 Å². The van der Waals surface area contributed by atoms with Gasteiger partial charge in [-0.2, -0.15) is 0 Å². The molecule has 4 aromatic rings. The number of aryl methyl sites for hydroxylation is 2. The molecule has 4 nitrogen and oxygen atoms in total. The van der Waals surface area contributed by atoms with Gasteiger partial charge in [0.2, 0.25) is 0 Å². The average Bonchev–Trinajstić information content (AvgIpc) is 3.16. The fourth-order valence-corrected chi connectivity index (χ4v) is 4.10. The molecule has 0 unspecified atom stereocenters. The molecule has 0 fully saturated rings. The summed E-state index contributed by atoms with van der Waals surface area (Å²) in [5.41, 5.74) is 5.78. The summed E-state index contributed by atoms with van der Waals surface area (Å²) < 4.78 is 2.13. The lowest BCUT2D eigenvalue weighted by atomic mass is 10.2. The molecular formula is C24H23ClN4S. The maximum Gasteiger partial charge on any atom is 0.196 e. The van der Waals surface area contributed by atoms with Gasteiger partial charge in [-0.25, -0.2) is 0 Å². The lowest BCUT2D eigenvalue weighted by Gasteiger charge is -2.12. The topological polar surface area (TPSA) is 42.7 Å². The Bertz CT molecular complexity index is 1040. The predicted octanol–water partition coefficient (Wildman–Crippen LogP) is 6.44. The second kappa shape index (κ2) is 9.37. The van der Waals surface area contributed by atoms with Crippen LogP contribution >= 0.6 is 23.4 Å². The van der Waals surface area contributed by atoms with Crippen LogP contribution in [0, 0.1) is 13.8 Å². The Labute approximate surface area is 186 Å². The molecule has 152 valence electrons. The molecule has 1 aromatic heterocycles. The van der Waals surface area contributed by atoms with Gasteiger partial charge in [0.25, 0.3) is 0 Å². The van der Waals surface area contributed by atoms with Crippen LogP contribution in [0.1, 0.15) is 22.5 Å². The Hall–Kier alpha value is -2.76. The average molecular weight is 435 g/mol. The van der Waals surface area contributed by atoms with Crippen molar-refractivity contribution in [1.82, 2.24) is 14.8 Å². The van der Waals surface area contributed by atoms with E-state index in [4.69, 9.17) is 11.6 Å². The minimum Gasteiger partial charge on any atom is -0.378 e. The Morgan fingerprint density at radius 3 is 2.13 bits per heavy atom. The number of anilines is 1. The summed E-state index contributed by atoms with van der Waals surface area (Å²) in [6.45, 7) is 4.76. The SMILES string of the molecule is Cc1ccc(NCc2nnc(SCc3ccc(Cl)cc3)n2-c2ccc(C)cc2)cc1. The van der Waals surface area contributed by atoms with Crippen molar-refractivity contribution in [2.45, 2.75) is 31.3 Å². The van der Waals surface area contributed by atoms with Crippen LogP contribution in [0.25, 0.3) is 5.69 Å². The molecule has 0 saturated carbocycles. The zero-order valence-electron chi connectivity index (χ0n) is 17.0. The Kier molecular flexibility index (Phi) is 6.41. The van der Waals surface area contributed by atoms with Crippen molar-refractivity contribution in [3.63, 3.8) is 0 Å². The quantitative estimate of drug-likeness (QED) is 0.340. The first-order valence-corrected chi connectivity index (χ1v) is 11.1. The molecule has 0 saturated heterocycles. The fourth-order valence-electron chi connectivity index (χ4n) is 3.04. The van der Waals surface area contributed by atoms with E-state index in [1.54, 1.807) is 11.8 Å². The minimum absolute atomic E-state index is 0.589. The van der Waals surface area contributed by atoms with Crippen LogP contribution in [0.2, 0.25) is 5.02 Å². The number of halogens is 1. The smallest absolute Gasteiger partial charge is 0.196 e. The standard InChI is InChI=1S/C24H23ClN4S/c1-17-3-11-21(12-4-17)26-15-23-27-28-24(29(23)22-13-5-18(2)6-14-22)30-16-19-7-9-20(25)10-8-19/h3-14,26H,15-16H2,1-2H3. The number of benzene rings is 3. The normalized spacial score (nSPS) is 10.9. The van der Waals surface area contributed by atoms with Crippen LogP contribution in [-0.2, 0) is 12.3 Å². The van der Waals surface area contributed by atoms with Crippen molar-refractivity contribution in [2.75, 3.05) is 5.32 Å². The second-order valence-corrected chi connectivity index (χ2v) is 8.58. The van der Waals surface area contributed by atoms with E-state index in [0.717, 1.165) is 33.1 Å². The van der Waals surface area contributed by atoms with E-state index < -0.39 is 0 Å². The Morgan fingerprint density at radius 2 is 1.47 bits per heavy atom. The van der Waals surface area contributed by atoms with Gasteiger partial charge in [-0.15, -0.1) is 10.2 Å². The first kappa shape index (κ1) is 20.5. The number of nitrogens with one attached hydrogen (secondary N) is 1. The highest BCUT2D eigenvalue weighted by Crippen LogP contribution is 2.26. The molecule has 0 aliphatic rings. The van der Waals surface area contributed by atoms with Crippen molar-refractivity contribution >= 4 is 29.1 Å². The first-order valence-electron chi connectivity index (χ1n) is 9.77. The summed E-state index contributed by atoms with van der Waals surface area (Å²) in [4.78, 5) is 0. The monoisotopic (exact) mass is 434 g/mol. The van der Waals surface area contributed by atoms with E-state index in [0.29, 0.717) is 6.54 Å². The largest absolute Gasteiger partial charge is 0.378 e. The lowest BCUT2D eigenvalue weighted by Crippen LogP contribution is -2.08. The molecule has 4 rings (SSSR count). The number of rotatable bonds is 7. The van der Waals surface area contributed by atoms with Crippen molar-refractivity contribution in [3.05, 3.63) is 100 Å². The Morgan fingerprint density at radius 1 is 0.833 bits per heavy atom. The van der Waals surface area contributed by atoms with E-state index >= 15 is 0 Å². The predicted molar refractivity (Wildman–Crippen MR) is 126 cm³/mol. The summed E-state index contributed by atoms with van der Waals surface area (Å²) >= 11 is 7.67. The van der Waals surface area contributed by atoms with Crippen molar-refractivity contribution in [1.29, 1.82) is 0 Å². The third-order valence-corrected chi connectivity index (χ3v) is 6.03. The van der Waals surface area contributed by atoms with Crippen LogP contribution in [0.3, 0.4) is 0 Å². The zero-order chi connectivity index (χ0) is 20.9. The Balaban J connectivity index is 1.58. The van der Waals surface area contributed by atoms with Gasteiger partial charge in [0, 0.05) is 22.2 Å². The molecule has 0 amide bonds. The highest BCUT2D eigenvalue weighted by Gasteiger charge is 2.15. The molecule has 0 spiro atoms. The summed E-state index contributed by atoms with van der Waals surface area (Å²) in [6, 6.07) is 24.7. The fraction of sp³-hybridized carbons (Fsp3) is 0.167. The molecule has 0 atom stereocenters. The molecule has 1 heterocycles. The van der Waals surface area contributed by atoms with Gasteiger partial charge in [0.05, 0.1) is 6.54 Å². The molecule has 6 heteroatoms. The van der Waals surface area contributed by atoms with Crippen LogP contribution in [0.5, 0.6) is 0 Å². The van der Waals surface area contributed by atoms with Gasteiger partial charge in [-0.05, 0) is 55.8 Å². The lowest BCUT2D eigenvalue weighted by molar-refractivity contribution is 0.840. The van der Waals surface area contributed by atoms with Gasteiger partial charge in [0.15, 0.2) is 11.0 Å². The van der Waals surface area contributed by atoms with E-state index in [1.165, 1.54) is 16.7 Å². The van der Waals surface area contributed by atoms with Crippen molar-refractivity contribution in [3.8, 4) is 5.69 Å². The van der Waals surface area contributed by atoms with E-state index in [2.05, 4.69) is 82.5 Å². The zero-order valence-corrected chi connectivity index (χ0v) is 18.5. The van der Waals surface area contributed by atoms with Crippen LogP contribution < -0.4 is 5.32 Å². The maximum absolute atomic E-state index is 6.00. The molecule has 0 aliphatic heterocycles. The van der Waals surface area contributed by atoms with E-state index in [-0.39, 0.29) is 0 Å². The number of aromatic nitrogens is 3. The molecule has 30 heavy (non-hydrogen) atoms. The number of hydrogen-bond donors (Lipinski definition) is 1. The van der Waals surface area contributed by atoms with Crippen LogP contribution in [0.4, 0.5) is 5.69 Å². The molecule has 0 radical (unpaired) electrons. The highest BCUT2D eigenvalue weighted by molar-refractivity contribution is 7.98. The molecule has 3 aromatic carbocycles. The molecule has 0 bridgehead atoms. The number of nitrogens with zero attached hydrogens (tertiary/aromatic N) is 3. The maximum atomic E-state index is 6.00. The third kappa shape index (κ3) is 5.04. The highest BCUT2D eigenvalue weighted by atomic mass is 35.5. The van der Waals surface area contributed by atoms with Gasteiger partial charge >= 0.3 is 0 Å². The number of hydrogen-bond acceptors (Lipinski definition) is 4. The molecule has 1 N–H and O–H groups in total. The van der Waals surface area contributed by atoms with Crippen molar-refractivity contribution < 1.29 is 0 Å². The van der Waals surface area contributed by atoms with E-state index in [9.17, 15) is 0 Å². The van der Waals surface area contributed by atoms with Gasteiger partial charge < -0.3 is 5.32 Å². The molecular weight excluding hydrogens is 412 g/mol. The minimum atomic E-state index is 0.589. The first-order chi connectivity index (χ1) is 14.6. The third-order valence-electron chi connectivity index (χ3n) is 4.78. The van der Waals surface area contributed by atoms with Gasteiger partial charge in [0.1, 0.15) is 0 Å². The number of thioether (sulfide) groups is 1. The summed E-state index contributed by atoms with van der Waals surface area (Å²) in [5, 5.41) is 14.0. The summed E-state index contributed by atoms with van der Waals surface area (Å²) in [6.07, 6.45) is 0.